The normalized spacial score (nSPS) is 14.4. The van der Waals surface area contributed by atoms with Crippen molar-refractivity contribution in [1.29, 1.82) is 0 Å². The molecule has 1 aliphatic rings. The number of esters is 1. The van der Waals surface area contributed by atoms with Crippen LogP contribution in [0.5, 0.6) is 0 Å². The number of hydrogen-bond donors (Lipinski definition) is 1. The number of aromatic nitrogens is 2. The summed E-state index contributed by atoms with van der Waals surface area (Å²) in [5.41, 5.74) is 2.76. The standard InChI is InChI=1S/C27H33ClN4O6S/c1-3-4-11-32-24-8-7-21(39(35,36)31-12-14-37-15-13-31)17-23(24)29-25(32)9-10-27(34)38-18-26(33)30-22-16-20(28)6-5-19(22)2/h5-8,16-17H,3-4,9-15,18H2,1-2H3,(H,30,33). The number of carbonyl (C=O) groups is 2. The summed E-state index contributed by atoms with van der Waals surface area (Å²) >= 11 is 5.99. The lowest BCUT2D eigenvalue weighted by molar-refractivity contribution is -0.147. The van der Waals surface area contributed by atoms with Gasteiger partial charge in [-0.3, -0.25) is 9.59 Å². The molecule has 39 heavy (non-hydrogen) atoms. The monoisotopic (exact) mass is 576 g/mol. The van der Waals surface area contributed by atoms with E-state index < -0.39 is 28.5 Å². The molecule has 0 spiro atoms. The van der Waals surface area contributed by atoms with E-state index in [9.17, 15) is 18.0 Å². The van der Waals surface area contributed by atoms with Crippen molar-refractivity contribution in [3.05, 3.63) is 52.8 Å². The van der Waals surface area contributed by atoms with Gasteiger partial charge in [0.05, 0.1) is 35.6 Å². The largest absolute Gasteiger partial charge is 0.456 e. The maximum Gasteiger partial charge on any atom is 0.306 e. The highest BCUT2D eigenvalue weighted by Crippen LogP contribution is 2.25. The van der Waals surface area contributed by atoms with Gasteiger partial charge in [-0.05, 0) is 49.2 Å². The molecule has 10 nitrogen and oxygen atoms in total. The molecule has 1 aromatic heterocycles. The van der Waals surface area contributed by atoms with Gasteiger partial charge in [0.2, 0.25) is 10.0 Å². The van der Waals surface area contributed by atoms with E-state index in [-0.39, 0.29) is 17.7 Å². The van der Waals surface area contributed by atoms with E-state index in [1.54, 1.807) is 36.4 Å². The highest BCUT2D eigenvalue weighted by molar-refractivity contribution is 7.89. The predicted molar refractivity (Wildman–Crippen MR) is 148 cm³/mol. The Kier molecular flexibility index (Phi) is 9.60. The number of rotatable bonds is 11. The Hall–Kier alpha value is -2.99. The molecule has 0 saturated carbocycles. The molecule has 0 unspecified atom stereocenters. The number of nitrogens with zero attached hydrogens (tertiary/aromatic N) is 3. The molecule has 0 bridgehead atoms. The van der Waals surface area contributed by atoms with Crippen LogP contribution in [-0.2, 0) is 42.1 Å². The van der Waals surface area contributed by atoms with E-state index in [4.69, 9.17) is 21.1 Å². The Morgan fingerprint density at radius 3 is 2.67 bits per heavy atom. The first kappa shape index (κ1) is 29.0. The summed E-state index contributed by atoms with van der Waals surface area (Å²) in [6.07, 6.45) is 2.18. The van der Waals surface area contributed by atoms with Crippen molar-refractivity contribution in [2.45, 2.75) is 51.0 Å². The lowest BCUT2D eigenvalue weighted by Gasteiger charge is -2.26. The first-order valence-corrected chi connectivity index (χ1v) is 14.8. The Morgan fingerprint density at radius 2 is 1.92 bits per heavy atom. The number of anilines is 1. The minimum Gasteiger partial charge on any atom is -0.456 e. The molecule has 1 fully saturated rings. The predicted octanol–water partition coefficient (Wildman–Crippen LogP) is 3.93. The van der Waals surface area contributed by atoms with Crippen molar-refractivity contribution >= 4 is 50.2 Å². The van der Waals surface area contributed by atoms with Crippen LogP contribution in [0, 0.1) is 6.92 Å². The highest BCUT2D eigenvalue weighted by atomic mass is 35.5. The number of ether oxygens (including phenoxy) is 2. The molecule has 1 N–H and O–H groups in total. The van der Waals surface area contributed by atoms with Crippen LogP contribution in [0.4, 0.5) is 5.69 Å². The number of hydrogen-bond acceptors (Lipinski definition) is 7. The number of imidazole rings is 1. The maximum absolute atomic E-state index is 13.1. The molecular weight excluding hydrogens is 544 g/mol. The Morgan fingerprint density at radius 1 is 1.15 bits per heavy atom. The van der Waals surface area contributed by atoms with Crippen molar-refractivity contribution in [1.82, 2.24) is 13.9 Å². The quantitative estimate of drug-likeness (QED) is 0.343. The molecule has 210 valence electrons. The minimum atomic E-state index is -3.66. The summed E-state index contributed by atoms with van der Waals surface area (Å²) in [5.74, 6) is -0.328. The average molecular weight is 577 g/mol. The zero-order chi connectivity index (χ0) is 28.0. The Bertz CT molecular complexity index is 1450. The van der Waals surface area contributed by atoms with Crippen molar-refractivity contribution in [3.8, 4) is 0 Å². The van der Waals surface area contributed by atoms with Crippen LogP contribution < -0.4 is 5.32 Å². The van der Waals surface area contributed by atoms with Crippen LogP contribution >= 0.6 is 11.6 Å². The van der Waals surface area contributed by atoms with E-state index >= 15 is 0 Å². The number of benzene rings is 2. The van der Waals surface area contributed by atoms with Gasteiger partial charge < -0.3 is 19.4 Å². The molecule has 2 aromatic carbocycles. The second-order valence-corrected chi connectivity index (χ2v) is 11.7. The molecule has 12 heteroatoms. The fourth-order valence-corrected chi connectivity index (χ4v) is 5.96. The van der Waals surface area contributed by atoms with Crippen molar-refractivity contribution in [2.24, 2.45) is 0 Å². The fourth-order valence-electron chi connectivity index (χ4n) is 4.36. The summed E-state index contributed by atoms with van der Waals surface area (Å²) in [5, 5.41) is 3.19. The second-order valence-electron chi connectivity index (χ2n) is 9.37. The molecule has 1 amide bonds. The number of amides is 1. The molecule has 0 atom stereocenters. The summed E-state index contributed by atoms with van der Waals surface area (Å²) < 4.78 is 40.1. The van der Waals surface area contributed by atoms with E-state index in [1.807, 2.05) is 11.5 Å². The van der Waals surface area contributed by atoms with Gasteiger partial charge in [-0.15, -0.1) is 0 Å². The first-order chi connectivity index (χ1) is 18.7. The van der Waals surface area contributed by atoms with Gasteiger partial charge in [0.15, 0.2) is 6.61 Å². The van der Waals surface area contributed by atoms with Crippen LogP contribution in [0.15, 0.2) is 41.3 Å². The van der Waals surface area contributed by atoms with Gasteiger partial charge in [-0.2, -0.15) is 4.31 Å². The molecule has 1 saturated heterocycles. The van der Waals surface area contributed by atoms with Gasteiger partial charge in [0.1, 0.15) is 5.82 Å². The summed E-state index contributed by atoms with van der Waals surface area (Å²) in [6.45, 7) is 5.56. The molecule has 2 heterocycles. The van der Waals surface area contributed by atoms with Gasteiger partial charge in [-0.1, -0.05) is 31.0 Å². The average Bonchev–Trinajstić information content (AvgIpc) is 3.28. The van der Waals surface area contributed by atoms with Crippen LogP contribution in [0.2, 0.25) is 5.02 Å². The zero-order valence-corrected chi connectivity index (χ0v) is 23.7. The van der Waals surface area contributed by atoms with Crippen molar-refractivity contribution in [3.63, 3.8) is 0 Å². The number of morpholine rings is 1. The molecule has 0 radical (unpaired) electrons. The minimum absolute atomic E-state index is 0.0256. The Labute approximate surface area is 233 Å². The smallest absolute Gasteiger partial charge is 0.306 e. The Balaban J connectivity index is 1.42. The summed E-state index contributed by atoms with van der Waals surface area (Å²) in [6, 6.07) is 10.1. The fraction of sp³-hybridized carbons (Fsp3) is 0.444. The number of carbonyl (C=O) groups excluding carboxylic acids is 2. The molecule has 4 rings (SSSR count). The number of nitrogens with one attached hydrogen (secondary N) is 1. The topological polar surface area (TPSA) is 120 Å². The van der Waals surface area contributed by atoms with E-state index in [0.717, 1.165) is 23.9 Å². The second kappa shape index (κ2) is 12.9. The van der Waals surface area contributed by atoms with Crippen molar-refractivity contribution in [2.75, 3.05) is 38.2 Å². The number of halogens is 1. The third kappa shape index (κ3) is 7.16. The van der Waals surface area contributed by atoms with E-state index in [2.05, 4.69) is 17.2 Å². The first-order valence-electron chi connectivity index (χ1n) is 13.0. The number of unbranched alkanes of at least 4 members (excludes halogenated alkanes) is 1. The third-order valence-electron chi connectivity index (χ3n) is 6.53. The van der Waals surface area contributed by atoms with Gasteiger partial charge in [-0.25, -0.2) is 13.4 Å². The van der Waals surface area contributed by atoms with Crippen LogP contribution in [-0.4, -0.2) is 67.1 Å². The zero-order valence-electron chi connectivity index (χ0n) is 22.1. The van der Waals surface area contributed by atoms with E-state index in [0.29, 0.717) is 54.9 Å². The molecule has 3 aromatic rings. The summed E-state index contributed by atoms with van der Waals surface area (Å²) in [7, 11) is -3.66. The van der Waals surface area contributed by atoms with Gasteiger partial charge >= 0.3 is 5.97 Å². The van der Waals surface area contributed by atoms with E-state index in [1.165, 1.54) is 4.31 Å². The SMILES string of the molecule is CCCCn1c(CCC(=O)OCC(=O)Nc2cc(Cl)ccc2C)nc2cc(S(=O)(=O)N3CCOCC3)ccc21. The molecular formula is C27H33ClN4O6S. The van der Waals surface area contributed by atoms with Crippen LogP contribution in [0.3, 0.4) is 0 Å². The highest BCUT2D eigenvalue weighted by Gasteiger charge is 2.27. The molecule has 1 aliphatic heterocycles. The number of fused-ring (bicyclic) bond motifs is 1. The summed E-state index contributed by atoms with van der Waals surface area (Å²) in [4.78, 5) is 29.6. The lowest BCUT2D eigenvalue weighted by Crippen LogP contribution is -2.40. The lowest BCUT2D eigenvalue weighted by atomic mass is 10.2. The maximum atomic E-state index is 13.1. The third-order valence-corrected chi connectivity index (χ3v) is 8.66. The van der Waals surface area contributed by atoms with Gasteiger partial charge in [0.25, 0.3) is 5.91 Å². The molecule has 0 aliphatic carbocycles. The van der Waals surface area contributed by atoms with Crippen LogP contribution in [0.1, 0.15) is 37.6 Å². The van der Waals surface area contributed by atoms with Gasteiger partial charge in [0, 0.05) is 36.8 Å². The van der Waals surface area contributed by atoms with Crippen molar-refractivity contribution < 1.29 is 27.5 Å². The number of aryl methyl sites for hydroxylation is 3. The number of sulfonamides is 1. The van der Waals surface area contributed by atoms with Crippen LogP contribution in [0.25, 0.3) is 11.0 Å².